The van der Waals surface area contributed by atoms with Gasteiger partial charge in [0.25, 0.3) is 0 Å². The van der Waals surface area contributed by atoms with E-state index in [1.54, 1.807) is 0 Å². The van der Waals surface area contributed by atoms with Crippen LogP contribution in [0.5, 0.6) is 0 Å². The van der Waals surface area contributed by atoms with Crippen LogP contribution in [0.2, 0.25) is 0 Å². The molecule has 2 unspecified atom stereocenters. The number of amides is 2. The summed E-state index contributed by atoms with van der Waals surface area (Å²) in [5.41, 5.74) is 3.22. The number of benzene rings is 2. The van der Waals surface area contributed by atoms with E-state index < -0.39 is 0 Å². The second-order valence-corrected chi connectivity index (χ2v) is 7.64. The Labute approximate surface area is 176 Å². The highest BCUT2D eigenvalue weighted by molar-refractivity contribution is 5.85. The molecule has 158 valence electrons. The number of fused-ring (bicyclic) bond motifs is 1. The van der Waals surface area contributed by atoms with Gasteiger partial charge in [0.1, 0.15) is 0 Å². The van der Waals surface area contributed by atoms with Crippen LogP contribution in [0.3, 0.4) is 0 Å². The molecule has 2 amide bonds. The van der Waals surface area contributed by atoms with Crippen molar-refractivity contribution >= 4 is 22.7 Å². The molecule has 0 saturated heterocycles. The number of aliphatic hydroxyl groups excluding tert-OH is 1. The van der Waals surface area contributed by atoms with Crippen LogP contribution in [0.1, 0.15) is 24.5 Å². The van der Waals surface area contributed by atoms with Gasteiger partial charge in [-0.05, 0) is 30.0 Å². The van der Waals surface area contributed by atoms with Crippen LogP contribution < -0.4 is 10.6 Å². The molecule has 0 fully saturated rings. The van der Waals surface area contributed by atoms with Crippen LogP contribution in [0.25, 0.3) is 10.9 Å². The molecule has 0 saturated carbocycles. The monoisotopic (exact) mass is 407 g/mol. The maximum absolute atomic E-state index is 12.4. The van der Waals surface area contributed by atoms with Gasteiger partial charge < -0.3 is 20.7 Å². The molecule has 0 aliphatic heterocycles. The molecular formula is C24H29N3O3. The third-order valence-electron chi connectivity index (χ3n) is 5.21. The van der Waals surface area contributed by atoms with Gasteiger partial charge in [0, 0.05) is 36.0 Å². The Morgan fingerprint density at radius 2 is 1.77 bits per heavy atom. The number of hydrogen-bond donors (Lipinski definition) is 4. The summed E-state index contributed by atoms with van der Waals surface area (Å²) >= 11 is 0. The summed E-state index contributed by atoms with van der Waals surface area (Å²) in [5.74, 6) is -0.457. The van der Waals surface area contributed by atoms with Crippen LogP contribution in [0.4, 0.5) is 0 Å². The van der Waals surface area contributed by atoms with Crippen LogP contribution in [-0.2, 0) is 22.4 Å². The first kappa shape index (κ1) is 21.6. The van der Waals surface area contributed by atoms with E-state index in [0.717, 1.165) is 22.0 Å². The highest BCUT2D eigenvalue weighted by Gasteiger charge is 2.16. The molecule has 6 nitrogen and oxygen atoms in total. The minimum atomic E-state index is -0.337. The van der Waals surface area contributed by atoms with Crippen LogP contribution in [0, 0.1) is 5.92 Å². The zero-order chi connectivity index (χ0) is 21.3. The first-order valence-corrected chi connectivity index (χ1v) is 10.3. The number of aliphatic hydroxyl groups is 1. The Kier molecular flexibility index (Phi) is 7.63. The SMILES string of the molecule is CC(Cc1c[nH]c2ccccc12)C(=O)NCCC(=O)NC(CO)Cc1ccccc1. The summed E-state index contributed by atoms with van der Waals surface area (Å²) in [5, 5.41) is 16.3. The number of H-pyrrole nitrogens is 1. The van der Waals surface area contributed by atoms with Gasteiger partial charge in [-0.3, -0.25) is 9.59 Å². The molecule has 3 rings (SSSR count). The summed E-state index contributed by atoms with van der Waals surface area (Å²) in [6.07, 6.45) is 3.32. The van der Waals surface area contributed by atoms with Crippen molar-refractivity contribution in [1.29, 1.82) is 0 Å². The van der Waals surface area contributed by atoms with Crippen molar-refractivity contribution in [1.82, 2.24) is 15.6 Å². The summed E-state index contributed by atoms with van der Waals surface area (Å²) in [7, 11) is 0. The highest BCUT2D eigenvalue weighted by Crippen LogP contribution is 2.20. The van der Waals surface area contributed by atoms with Gasteiger partial charge in [0.15, 0.2) is 0 Å². The fraction of sp³-hybridized carbons (Fsp3) is 0.333. The predicted octanol–water partition coefficient (Wildman–Crippen LogP) is 2.57. The van der Waals surface area contributed by atoms with Crippen LogP contribution in [0.15, 0.2) is 60.8 Å². The largest absolute Gasteiger partial charge is 0.394 e. The van der Waals surface area contributed by atoms with Crippen LogP contribution in [-0.4, -0.2) is 41.1 Å². The first-order valence-electron chi connectivity index (χ1n) is 10.3. The van der Waals surface area contributed by atoms with E-state index in [-0.39, 0.29) is 43.3 Å². The third kappa shape index (κ3) is 5.94. The lowest BCUT2D eigenvalue weighted by atomic mass is 10.00. The second-order valence-electron chi connectivity index (χ2n) is 7.64. The van der Waals surface area contributed by atoms with E-state index in [4.69, 9.17) is 0 Å². The lowest BCUT2D eigenvalue weighted by Gasteiger charge is -2.17. The van der Waals surface area contributed by atoms with E-state index in [2.05, 4.69) is 15.6 Å². The second kappa shape index (κ2) is 10.6. The molecule has 1 heterocycles. The summed E-state index contributed by atoms with van der Waals surface area (Å²) in [6, 6.07) is 17.4. The van der Waals surface area contributed by atoms with Gasteiger partial charge in [0.2, 0.25) is 11.8 Å². The zero-order valence-corrected chi connectivity index (χ0v) is 17.2. The van der Waals surface area contributed by atoms with Crippen molar-refractivity contribution in [3.8, 4) is 0 Å². The maximum Gasteiger partial charge on any atom is 0.223 e. The van der Waals surface area contributed by atoms with E-state index >= 15 is 0 Å². The smallest absolute Gasteiger partial charge is 0.223 e. The fourth-order valence-electron chi connectivity index (χ4n) is 3.56. The molecule has 0 aliphatic rings. The summed E-state index contributed by atoms with van der Waals surface area (Å²) in [4.78, 5) is 27.8. The zero-order valence-electron chi connectivity index (χ0n) is 17.2. The van der Waals surface area contributed by atoms with E-state index in [1.807, 2.05) is 67.7 Å². The van der Waals surface area contributed by atoms with Gasteiger partial charge in [-0.1, -0.05) is 55.5 Å². The Balaban J connectivity index is 1.41. The average molecular weight is 408 g/mol. The van der Waals surface area contributed by atoms with Crippen molar-refractivity contribution in [2.45, 2.75) is 32.2 Å². The minimum Gasteiger partial charge on any atom is -0.394 e. The number of carbonyl (C=O) groups is 2. The molecule has 0 bridgehead atoms. The Morgan fingerprint density at radius 3 is 2.53 bits per heavy atom. The van der Waals surface area contributed by atoms with Gasteiger partial charge >= 0.3 is 0 Å². The highest BCUT2D eigenvalue weighted by atomic mass is 16.3. The topological polar surface area (TPSA) is 94.2 Å². The van der Waals surface area contributed by atoms with Crippen molar-refractivity contribution in [3.05, 3.63) is 71.9 Å². The van der Waals surface area contributed by atoms with Gasteiger partial charge in [0.05, 0.1) is 12.6 Å². The molecular weight excluding hydrogens is 378 g/mol. The Bertz CT molecular complexity index is 968. The van der Waals surface area contributed by atoms with E-state index in [1.165, 1.54) is 0 Å². The summed E-state index contributed by atoms with van der Waals surface area (Å²) < 4.78 is 0. The maximum atomic E-state index is 12.4. The lowest BCUT2D eigenvalue weighted by molar-refractivity contribution is -0.125. The quantitative estimate of drug-likeness (QED) is 0.416. The number of carbonyl (C=O) groups excluding carboxylic acids is 2. The average Bonchev–Trinajstić information content (AvgIpc) is 3.16. The molecule has 2 aromatic carbocycles. The van der Waals surface area contributed by atoms with Crippen molar-refractivity contribution in [2.75, 3.05) is 13.2 Å². The van der Waals surface area contributed by atoms with Crippen molar-refractivity contribution in [3.63, 3.8) is 0 Å². The lowest BCUT2D eigenvalue weighted by Crippen LogP contribution is -2.41. The number of nitrogens with one attached hydrogen (secondary N) is 3. The molecule has 3 aromatic rings. The Hall–Kier alpha value is -3.12. The standard InChI is InChI=1S/C24H29N3O3/c1-17(13-19-15-26-22-10-6-5-9-21(19)22)24(30)25-12-11-23(29)27-20(16-28)14-18-7-3-2-4-8-18/h2-10,15,17,20,26,28H,11-14,16H2,1H3,(H,25,30)(H,27,29). The normalized spacial score (nSPS) is 13.0. The molecule has 0 aliphatic carbocycles. The molecule has 2 atom stereocenters. The number of para-hydroxylation sites is 1. The molecule has 6 heteroatoms. The van der Waals surface area contributed by atoms with E-state index in [0.29, 0.717) is 12.8 Å². The fourth-order valence-corrected chi connectivity index (χ4v) is 3.56. The van der Waals surface area contributed by atoms with Crippen molar-refractivity contribution in [2.24, 2.45) is 5.92 Å². The third-order valence-corrected chi connectivity index (χ3v) is 5.21. The van der Waals surface area contributed by atoms with Gasteiger partial charge in [-0.25, -0.2) is 0 Å². The van der Waals surface area contributed by atoms with Crippen LogP contribution >= 0.6 is 0 Å². The number of aromatic amines is 1. The molecule has 30 heavy (non-hydrogen) atoms. The molecule has 1 aromatic heterocycles. The number of aromatic nitrogens is 1. The minimum absolute atomic E-state index is 0.0731. The number of rotatable bonds is 10. The number of hydrogen-bond acceptors (Lipinski definition) is 3. The van der Waals surface area contributed by atoms with Gasteiger partial charge in [-0.2, -0.15) is 0 Å². The Morgan fingerprint density at radius 1 is 1.03 bits per heavy atom. The summed E-state index contributed by atoms with van der Waals surface area (Å²) in [6.45, 7) is 2.03. The predicted molar refractivity (Wildman–Crippen MR) is 118 cm³/mol. The van der Waals surface area contributed by atoms with Gasteiger partial charge in [-0.15, -0.1) is 0 Å². The first-order chi connectivity index (χ1) is 14.6. The molecule has 0 radical (unpaired) electrons. The van der Waals surface area contributed by atoms with Crippen molar-refractivity contribution < 1.29 is 14.7 Å². The molecule has 0 spiro atoms. The van der Waals surface area contributed by atoms with E-state index in [9.17, 15) is 14.7 Å². The molecule has 4 N–H and O–H groups in total.